The van der Waals surface area contributed by atoms with Crippen molar-refractivity contribution in [3.8, 4) is 17.1 Å². The maximum Gasteiger partial charge on any atom is 0.227 e. The van der Waals surface area contributed by atoms with E-state index in [1.807, 2.05) is 42.6 Å². The first-order chi connectivity index (χ1) is 13.7. The Morgan fingerprint density at radius 1 is 1.04 bits per heavy atom. The Morgan fingerprint density at radius 3 is 2.61 bits per heavy atom. The molecule has 4 rings (SSSR count). The van der Waals surface area contributed by atoms with Gasteiger partial charge < -0.3 is 15.0 Å². The number of nitrogens with zero attached hydrogens (tertiary/aromatic N) is 4. The predicted molar refractivity (Wildman–Crippen MR) is 111 cm³/mol. The molecule has 0 aliphatic carbocycles. The van der Waals surface area contributed by atoms with Gasteiger partial charge in [0.2, 0.25) is 11.8 Å². The summed E-state index contributed by atoms with van der Waals surface area (Å²) < 4.78 is 6.03. The largest absolute Gasteiger partial charge is 0.474 e. The highest BCUT2D eigenvalue weighted by Crippen LogP contribution is 2.23. The van der Waals surface area contributed by atoms with Crippen molar-refractivity contribution in [1.82, 2.24) is 19.9 Å². The number of anilines is 2. The molecule has 0 bridgehead atoms. The van der Waals surface area contributed by atoms with Gasteiger partial charge >= 0.3 is 0 Å². The lowest BCUT2D eigenvalue weighted by Gasteiger charge is -2.28. The highest BCUT2D eigenvalue weighted by molar-refractivity contribution is 5.62. The Labute approximate surface area is 165 Å². The van der Waals surface area contributed by atoms with E-state index in [9.17, 15) is 0 Å². The first kappa shape index (κ1) is 18.4. The third kappa shape index (κ3) is 4.46. The molecular formula is C22H25N5O. The van der Waals surface area contributed by atoms with Gasteiger partial charge in [-0.2, -0.15) is 0 Å². The van der Waals surface area contributed by atoms with Crippen LogP contribution in [0.1, 0.15) is 18.4 Å². The standard InChI is InChI=1S/C22H25N5O/c1-16-5-3-4-6-19(16)25-22-23-12-9-20(26-22)17-7-8-21(24-15-17)28-18-10-13-27(2)14-11-18/h3-9,12,15,18H,10-11,13-14H2,1-2H3,(H,23,25,26). The number of piperidine rings is 1. The predicted octanol–water partition coefficient (Wildman–Crippen LogP) is 4.06. The van der Waals surface area contributed by atoms with E-state index in [4.69, 9.17) is 4.74 Å². The zero-order valence-corrected chi connectivity index (χ0v) is 16.3. The molecule has 0 atom stereocenters. The van der Waals surface area contributed by atoms with Crippen LogP contribution in [-0.2, 0) is 0 Å². The molecule has 144 valence electrons. The number of aryl methyl sites for hydroxylation is 1. The molecule has 6 heteroatoms. The zero-order valence-electron chi connectivity index (χ0n) is 16.3. The van der Waals surface area contributed by atoms with Gasteiger partial charge in [0.25, 0.3) is 0 Å². The summed E-state index contributed by atoms with van der Waals surface area (Å²) in [7, 11) is 2.15. The Bertz CT molecular complexity index is 920. The highest BCUT2D eigenvalue weighted by Gasteiger charge is 2.18. The van der Waals surface area contributed by atoms with Gasteiger partial charge in [-0.25, -0.2) is 15.0 Å². The lowest BCUT2D eigenvalue weighted by Crippen LogP contribution is -2.35. The summed E-state index contributed by atoms with van der Waals surface area (Å²) >= 11 is 0. The third-order valence-corrected chi connectivity index (χ3v) is 5.03. The van der Waals surface area contributed by atoms with Crippen molar-refractivity contribution in [3.63, 3.8) is 0 Å². The number of aromatic nitrogens is 3. The van der Waals surface area contributed by atoms with Gasteiger partial charge in [-0.1, -0.05) is 18.2 Å². The molecule has 1 aromatic carbocycles. The second-order valence-corrected chi connectivity index (χ2v) is 7.21. The Hall–Kier alpha value is -2.99. The molecule has 0 saturated carbocycles. The topological polar surface area (TPSA) is 63.2 Å². The van der Waals surface area contributed by atoms with E-state index in [1.54, 1.807) is 6.20 Å². The smallest absolute Gasteiger partial charge is 0.227 e. The number of benzene rings is 1. The first-order valence-corrected chi connectivity index (χ1v) is 9.65. The summed E-state index contributed by atoms with van der Waals surface area (Å²) in [6.45, 7) is 4.19. The molecule has 6 nitrogen and oxygen atoms in total. The number of pyridine rings is 1. The minimum atomic E-state index is 0.249. The van der Waals surface area contributed by atoms with Gasteiger partial charge in [0.1, 0.15) is 6.10 Å². The first-order valence-electron chi connectivity index (χ1n) is 9.65. The van der Waals surface area contributed by atoms with Crippen LogP contribution in [0, 0.1) is 6.92 Å². The number of rotatable bonds is 5. The molecule has 0 radical (unpaired) electrons. The third-order valence-electron chi connectivity index (χ3n) is 5.03. The quantitative estimate of drug-likeness (QED) is 0.725. The molecule has 3 heterocycles. The van der Waals surface area contributed by atoms with E-state index in [-0.39, 0.29) is 6.10 Å². The van der Waals surface area contributed by atoms with Crippen LogP contribution in [0.3, 0.4) is 0 Å². The van der Waals surface area contributed by atoms with Gasteiger partial charge in [0, 0.05) is 42.8 Å². The summed E-state index contributed by atoms with van der Waals surface area (Å²) in [5, 5.41) is 3.28. The highest BCUT2D eigenvalue weighted by atomic mass is 16.5. The Morgan fingerprint density at radius 2 is 1.86 bits per heavy atom. The fourth-order valence-corrected chi connectivity index (χ4v) is 3.29. The maximum absolute atomic E-state index is 6.03. The van der Waals surface area contributed by atoms with Gasteiger partial charge in [0.15, 0.2) is 0 Å². The lowest BCUT2D eigenvalue weighted by molar-refractivity contribution is 0.110. The van der Waals surface area contributed by atoms with Crippen LogP contribution in [0.4, 0.5) is 11.6 Å². The van der Waals surface area contributed by atoms with E-state index in [1.165, 1.54) is 0 Å². The normalized spacial score (nSPS) is 15.4. The average Bonchev–Trinajstić information content (AvgIpc) is 2.72. The summed E-state index contributed by atoms with van der Waals surface area (Å²) in [4.78, 5) is 15.8. The molecule has 28 heavy (non-hydrogen) atoms. The van der Waals surface area contributed by atoms with Crippen LogP contribution in [-0.4, -0.2) is 46.1 Å². The summed E-state index contributed by atoms with van der Waals surface area (Å²) in [6.07, 6.45) is 5.90. The summed E-state index contributed by atoms with van der Waals surface area (Å²) in [5.74, 6) is 1.24. The molecular weight excluding hydrogens is 350 g/mol. The van der Waals surface area contributed by atoms with E-state index in [0.717, 1.165) is 48.4 Å². The van der Waals surface area contributed by atoms with Crippen LogP contribution in [0.2, 0.25) is 0 Å². The molecule has 1 N–H and O–H groups in total. The number of hydrogen-bond acceptors (Lipinski definition) is 6. The second kappa shape index (κ2) is 8.35. The molecule has 1 aliphatic heterocycles. The number of nitrogens with one attached hydrogen (secondary N) is 1. The van der Waals surface area contributed by atoms with Gasteiger partial charge in [-0.3, -0.25) is 0 Å². The molecule has 1 aliphatic rings. The monoisotopic (exact) mass is 375 g/mol. The van der Waals surface area contributed by atoms with E-state index < -0.39 is 0 Å². The van der Waals surface area contributed by atoms with Crippen LogP contribution in [0.5, 0.6) is 5.88 Å². The minimum absolute atomic E-state index is 0.249. The molecule has 3 aromatic rings. The van der Waals surface area contributed by atoms with Crippen molar-refractivity contribution < 1.29 is 4.74 Å². The van der Waals surface area contributed by atoms with Crippen LogP contribution in [0.15, 0.2) is 54.9 Å². The van der Waals surface area contributed by atoms with Crippen molar-refractivity contribution in [2.45, 2.75) is 25.9 Å². The van der Waals surface area contributed by atoms with Crippen LogP contribution < -0.4 is 10.1 Å². The van der Waals surface area contributed by atoms with Crippen molar-refractivity contribution in [2.24, 2.45) is 0 Å². The van der Waals surface area contributed by atoms with Gasteiger partial charge in [-0.15, -0.1) is 0 Å². The Balaban J connectivity index is 1.45. The van der Waals surface area contributed by atoms with Gasteiger partial charge in [0.05, 0.1) is 5.69 Å². The molecule has 1 saturated heterocycles. The number of ether oxygens (including phenoxy) is 1. The maximum atomic E-state index is 6.03. The second-order valence-electron chi connectivity index (χ2n) is 7.21. The molecule has 0 unspecified atom stereocenters. The summed E-state index contributed by atoms with van der Waals surface area (Å²) in [6, 6.07) is 13.9. The number of likely N-dealkylation sites (tertiary alicyclic amines) is 1. The van der Waals surface area contributed by atoms with E-state index in [0.29, 0.717) is 11.8 Å². The van der Waals surface area contributed by atoms with Crippen molar-refractivity contribution in [3.05, 3.63) is 60.4 Å². The molecule has 0 spiro atoms. The fourth-order valence-electron chi connectivity index (χ4n) is 3.29. The molecule has 2 aromatic heterocycles. The van der Waals surface area contributed by atoms with Crippen molar-refractivity contribution in [1.29, 1.82) is 0 Å². The number of hydrogen-bond donors (Lipinski definition) is 1. The fraction of sp³-hybridized carbons (Fsp3) is 0.318. The van der Waals surface area contributed by atoms with Crippen molar-refractivity contribution >= 4 is 11.6 Å². The minimum Gasteiger partial charge on any atom is -0.474 e. The van der Waals surface area contributed by atoms with Crippen molar-refractivity contribution in [2.75, 3.05) is 25.5 Å². The molecule has 1 fully saturated rings. The molecule has 0 amide bonds. The average molecular weight is 375 g/mol. The van der Waals surface area contributed by atoms with E-state index >= 15 is 0 Å². The van der Waals surface area contributed by atoms with Gasteiger partial charge in [-0.05, 0) is 50.6 Å². The van der Waals surface area contributed by atoms with Crippen LogP contribution >= 0.6 is 0 Å². The lowest BCUT2D eigenvalue weighted by atomic mass is 10.1. The zero-order chi connectivity index (χ0) is 19.3. The summed E-state index contributed by atoms with van der Waals surface area (Å²) in [5.41, 5.74) is 3.91. The number of para-hydroxylation sites is 1. The Kier molecular flexibility index (Phi) is 5.48. The van der Waals surface area contributed by atoms with E-state index in [2.05, 4.69) is 45.2 Å². The van der Waals surface area contributed by atoms with Crippen LogP contribution in [0.25, 0.3) is 11.3 Å². The SMILES string of the molecule is Cc1ccccc1Nc1nccc(-c2ccc(OC3CCN(C)CC3)nc2)n1.